The van der Waals surface area contributed by atoms with Crippen LogP contribution in [-0.4, -0.2) is 12.6 Å². The van der Waals surface area contributed by atoms with Crippen molar-refractivity contribution in [1.29, 1.82) is 0 Å². The number of fused-ring (bicyclic) bond motifs is 1. The second-order valence-corrected chi connectivity index (χ2v) is 5.73. The van der Waals surface area contributed by atoms with E-state index >= 15 is 0 Å². The fourth-order valence-electron chi connectivity index (χ4n) is 3.65. The molecule has 98 valence electrons. The number of nitrogens with zero attached hydrogens (tertiary/aromatic N) is 1. The van der Waals surface area contributed by atoms with Crippen LogP contribution >= 0.6 is 11.6 Å². The van der Waals surface area contributed by atoms with E-state index < -0.39 is 0 Å². The number of rotatable bonds is 2. The lowest BCUT2D eigenvalue weighted by molar-refractivity contribution is 0.342. The van der Waals surface area contributed by atoms with E-state index in [9.17, 15) is 4.39 Å². The summed E-state index contributed by atoms with van der Waals surface area (Å²) in [4.78, 5) is 2.41. The van der Waals surface area contributed by atoms with Gasteiger partial charge in [0.2, 0.25) is 0 Å². The molecule has 2 fully saturated rings. The molecule has 1 heterocycles. The quantitative estimate of drug-likeness (QED) is 0.721. The summed E-state index contributed by atoms with van der Waals surface area (Å²) in [5.41, 5.74) is 1.70. The molecule has 2 aliphatic rings. The Bertz CT molecular complexity index is 435. The summed E-state index contributed by atoms with van der Waals surface area (Å²) in [6, 6.07) is 5.95. The molecule has 3 heteroatoms. The zero-order chi connectivity index (χ0) is 12.5. The van der Waals surface area contributed by atoms with Gasteiger partial charge in [0.05, 0.1) is 5.88 Å². The molecule has 1 aromatic carbocycles. The van der Waals surface area contributed by atoms with E-state index in [4.69, 9.17) is 11.6 Å². The molecule has 0 spiro atoms. The third-order valence-corrected chi connectivity index (χ3v) is 4.81. The van der Waals surface area contributed by atoms with Gasteiger partial charge < -0.3 is 4.90 Å². The van der Waals surface area contributed by atoms with Crippen LogP contribution in [0, 0.1) is 11.7 Å². The van der Waals surface area contributed by atoms with Crippen LogP contribution in [0.5, 0.6) is 0 Å². The maximum Gasteiger partial charge on any atom is 0.129 e. The number of anilines is 1. The number of halogens is 2. The topological polar surface area (TPSA) is 3.24 Å². The highest BCUT2D eigenvalue weighted by Crippen LogP contribution is 2.40. The molecule has 1 nitrogen and oxygen atoms in total. The van der Waals surface area contributed by atoms with Gasteiger partial charge in [0.1, 0.15) is 5.82 Å². The van der Waals surface area contributed by atoms with E-state index in [0.29, 0.717) is 11.6 Å². The molecular formula is C15H19ClFN. The van der Waals surface area contributed by atoms with Crippen LogP contribution in [0.15, 0.2) is 18.2 Å². The first-order valence-electron chi connectivity index (χ1n) is 6.91. The molecule has 2 unspecified atom stereocenters. The zero-order valence-corrected chi connectivity index (χ0v) is 11.3. The fraction of sp³-hybridized carbons (Fsp3) is 0.600. The molecule has 0 aromatic heterocycles. The van der Waals surface area contributed by atoms with Crippen molar-refractivity contribution in [3.63, 3.8) is 0 Å². The number of hydrogen-bond acceptors (Lipinski definition) is 1. The fourth-order valence-corrected chi connectivity index (χ4v) is 3.92. The average molecular weight is 268 g/mol. The van der Waals surface area contributed by atoms with Crippen molar-refractivity contribution in [2.24, 2.45) is 5.92 Å². The van der Waals surface area contributed by atoms with Gasteiger partial charge in [-0.1, -0.05) is 18.9 Å². The van der Waals surface area contributed by atoms with Crippen LogP contribution in [0.25, 0.3) is 0 Å². The summed E-state index contributed by atoms with van der Waals surface area (Å²) in [5.74, 6) is 0.905. The molecule has 18 heavy (non-hydrogen) atoms. The van der Waals surface area contributed by atoms with Gasteiger partial charge in [-0.2, -0.15) is 0 Å². The first-order valence-corrected chi connectivity index (χ1v) is 7.44. The average Bonchev–Trinajstić information content (AvgIpc) is 2.82. The van der Waals surface area contributed by atoms with Crippen molar-refractivity contribution < 1.29 is 4.39 Å². The minimum Gasteiger partial charge on any atom is -0.368 e. The van der Waals surface area contributed by atoms with Gasteiger partial charge in [-0.25, -0.2) is 4.39 Å². The lowest BCUT2D eigenvalue weighted by Gasteiger charge is -2.34. The minimum absolute atomic E-state index is 0.165. The van der Waals surface area contributed by atoms with Gasteiger partial charge in [-0.3, -0.25) is 0 Å². The Labute approximate surface area is 113 Å². The van der Waals surface area contributed by atoms with Crippen molar-refractivity contribution in [2.45, 2.75) is 44.0 Å². The predicted octanol–water partition coefficient (Wildman–Crippen LogP) is 4.33. The monoisotopic (exact) mass is 267 g/mol. The number of hydrogen-bond donors (Lipinski definition) is 0. The summed E-state index contributed by atoms with van der Waals surface area (Å²) >= 11 is 5.92. The first-order chi connectivity index (χ1) is 8.81. The molecular weight excluding hydrogens is 249 g/mol. The highest BCUT2D eigenvalue weighted by atomic mass is 35.5. The molecule has 0 amide bonds. The maximum atomic E-state index is 13.8. The van der Waals surface area contributed by atoms with Crippen LogP contribution in [-0.2, 0) is 5.88 Å². The molecule has 1 saturated carbocycles. The summed E-state index contributed by atoms with van der Waals surface area (Å²) in [6.45, 7) is 1.06. The molecule has 0 N–H and O–H groups in total. The van der Waals surface area contributed by atoms with Crippen molar-refractivity contribution in [1.82, 2.24) is 0 Å². The van der Waals surface area contributed by atoms with Crippen LogP contribution in [0.3, 0.4) is 0 Å². The second kappa shape index (κ2) is 5.08. The second-order valence-electron chi connectivity index (χ2n) is 5.47. The van der Waals surface area contributed by atoms with Gasteiger partial charge in [0.15, 0.2) is 0 Å². The van der Waals surface area contributed by atoms with Gasteiger partial charge in [-0.05, 0) is 37.3 Å². The number of benzene rings is 1. The summed E-state index contributed by atoms with van der Waals surface area (Å²) in [5, 5.41) is 0. The molecule has 0 radical (unpaired) electrons. The highest BCUT2D eigenvalue weighted by molar-refractivity contribution is 6.17. The third kappa shape index (κ3) is 2.01. The van der Waals surface area contributed by atoms with Gasteiger partial charge in [0.25, 0.3) is 0 Å². The van der Waals surface area contributed by atoms with Crippen LogP contribution in [0.4, 0.5) is 10.1 Å². The number of alkyl halides is 1. The van der Waals surface area contributed by atoms with E-state index in [2.05, 4.69) is 4.90 Å². The van der Waals surface area contributed by atoms with Crippen molar-refractivity contribution in [3.8, 4) is 0 Å². The molecule has 1 aromatic rings. The molecule has 3 rings (SSSR count). The lowest BCUT2D eigenvalue weighted by atomic mass is 9.85. The van der Waals surface area contributed by atoms with Crippen molar-refractivity contribution in [3.05, 3.63) is 29.6 Å². The van der Waals surface area contributed by atoms with Crippen molar-refractivity contribution in [2.75, 3.05) is 11.4 Å². The van der Waals surface area contributed by atoms with E-state index in [1.54, 1.807) is 6.07 Å². The smallest absolute Gasteiger partial charge is 0.129 e. The minimum atomic E-state index is -0.165. The maximum absolute atomic E-state index is 13.8. The third-order valence-electron chi connectivity index (χ3n) is 4.55. The Morgan fingerprint density at radius 1 is 1.22 bits per heavy atom. The normalized spacial score (nSPS) is 27.3. The largest absolute Gasteiger partial charge is 0.368 e. The summed E-state index contributed by atoms with van der Waals surface area (Å²) in [7, 11) is 0. The lowest BCUT2D eigenvalue weighted by Crippen LogP contribution is -2.35. The van der Waals surface area contributed by atoms with E-state index in [1.165, 1.54) is 38.2 Å². The van der Waals surface area contributed by atoms with Gasteiger partial charge in [-0.15, -0.1) is 11.6 Å². The van der Waals surface area contributed by atoms with Crippen LogP contribution in [0.1, 0.15) is 37.7 Å². The van der Waals surface area contributed by atoms with Gasteiger partial charge >= 0.3 is 0 Å². The van der Waals surface area contributed by atoms with E-state index in [0.717, 1.165) is 18.2 Å². The zero-order valence-electron chi connectivity index (χ0n) is 10.5. The Morgan fingerprint density at radius 3 is 2.89 bits per heavy atom. The summed E-state index contributed by atoms with van der Waals surface area (Å²) in [6.07, 6.45) is 6.52. The van der Waals surface area contributed by atoms with Gasteiger partial charge in [0, 0.05) is 23.8 Å². The Morgan fingerprint density at radius 2 is 2.06 bits per heavy atom. The van der Waals surface area contributed by atoms with Crippen molar-refractivity contribution >= 4 is 17.3 Å². The predicted molar refractivity (Wildman–Crippen MR) is 73.7 cm³/mol. The molecule has 1 saturated heterocycles. The van der Waals surface area contributed by atoms with E-state index in [-0.39, 0.29) is 11.7 Å². The standard InChI is InChI=1S/C15H19ClFN/c16-10-12-13(17)5-3-7-15(12)18-9-8-11-4-1-2-6-14(11)18/h3,5,7,11,14H,1-2,4,6,8-10H2. The Balaban J connectivity index is 1.93. The first kappa shape index (κ1) is 12.3. The van der Waals surface area contributed by atoms with Crippen LogP contribution in [0.2, 0.25) is 0 Å². The molecule has 1 aliphatic carbocycles. The highest BCUT2D eigenvalue weighted by Gasteiger charge is 2.36. The molecule has 2 atom stereocenters. The SMILES string of the molecule is Fc1cccc(N2CCC3CCCCC32)c1CCl. The summed E-state index contributed by atoms with van der Waals surface area (Å²) < 4.78 is 13.8. The van der Waals surface area contributed by atoms with E-state index in [1.807, 2.05) is 6.07 Å². The van der Waals surface area contributed by atoms with Crippen LogP contribution < -0.4 is 4.90 Å². The Hall–Kier alpha value is -0.760. The molecule has 1 aliphatic heterocycles. The Kier molecular flexibility index (Phi) is 3.47. The molecule has 0 bridgehead atoms.